The number of aliphatic imine (C=N–C) groups is 1. The van der Waals surface area contributed by atoms with E-state index >= 15 is 0 Å². The number of methoxy groups -OCH3 is 1. The molecular weight excluding hydrogens is 264 g/mol. The average Bonchev–Trinajstić information content (AvgIpc) is 2.45. The van der Waals surface area contributed by atoms with E-state index in [-0.39, 0.29) is 6.04 Å². The molecule has 0 saturated heterocycles. The molecule has 0 bridgehead atoms. The van der Waals surface area contributed by atoms with Gasteiger partial charge in [-0.05, 0) is 38.7 Å². The molecule has 0 radical (unpaired) electrons. The number of nitrogens with zero attached hydrogens (tertiary/aromatic N) is 2. The van der Waals surface area contributed by atoms with Gasteiger partial charge in [0.2, 0.25) is 0 Å². The van der Waals surface area contributed by atoms with Crippen LogP contribution in [0.25, 0.3) is 0 Å². The van der Waals surface area contributed by atoms with E-state index in [0.717, 1.165) is 16.9 Å². The zero-order valence-corrected chi connectivity index (χ0v) is 13.4. The van der Waals surface area contributed by atoms with Gasteiger partial charge in [-0.3, -0.25) is 4.99 Å². The molecular formula is C16H26N4O. The van der Waals surface area contributed by atoms with Gasteiger partial charge < -0.3 is 20.7 Å². The Morgan fingerprint density at radius 2 is 2.19 bits per heavy atom. The van der Waals surface area contributed by atoms with Gasteiger partial charge in [0.15, 0.2) is 5.96 Å². The van der Waals surface area contributed by atoms with Gasteiger partial charge in [0.05, 0.1) is 19.7 Å². The van der Waals surface area contributed by atoms with Crippen molar-refractivity contribution in [2.24, 2.45) is 10.7 Å². The van der Waals surface area contributed by atoms with Crippen LogP contribution in [0.3, 0.4) is 0 Å². The Morgan fingerprint density at radius 3 is 2.76 bits per heavy atom. The fourth-order valence-electron chi connectivity index (χ4n) is 1.90. The van der Waals surface area contributed by atoms with E-state index in [1.807, 2.05) is 39.2 Å². The maximum absolute atomic E-state index is 5.86. The molecule has 5 heteroatoms. The van der Waals surface area contributed by atoms with Crippen molar-refractivity contribution in [1.82, 2.24) is 10.2 Å². The summed E-state index contributed by atoms with van der Waals surface area (Å²) in [6, 6.07) is 8.15. The molecule has 1 aromatic carbocycles. The summed E-state index contributed by atoms with van der Waals surface area (Å²) in [5.41, 5.74) is 8.03. The zero-order valence-electron chi connectivity index (χ0n) is 13.4. The Hall–Kier alpha value is -2.01. The summed E-state index contributed by atoms with van der Waals surface area (Å²) in [7, 11) is 5.72. The van der Waals surface area contributed by atoms with Crippen LogP contribution in [0.5, 0.6) is 5.75 Å². The fourth-order valence-corrected chi connectivity index (χ4v) is 1.90. The van der Waals surface area contributed by atoms with Gasteiger partial charge in [0.1, 0.15) is 5.75 Å². The summed E-state index contributed by atoms with van der Waals surface area (Å²) in [4.78, 5) is 6.52. The van der Waals surface area contributed by atoms with Crippen molar-refractivity contribution in [3.8, 4) is 5.75 Å². The molecule has 1 atom stereocenters. The maximum Gasteiger partial charge on any atom is 0.188 e. The predicted molar refractivity (Wildman–Crippen MR) is 88.7 cm³/mol. The van der Waals surface area contributed by atoms with Crippen molar-refractivity contribution in [2.45, 2.75) is 13.0 Å². The van der Waals surface area contributed by atoms with E-state index in [2.05, 4.69) is 27.9 Å². The predicted octanol–water partition coefficient (Wildman–Crippen LogP) is 1.78. The van der Waals surface area contributed by atoms with Gasteiger partial charge >= 0.3 is 0 Å². The Kier molecular flexibility index (Phi) is 6.75. The van der Waals surface area contributed by atoms with Gasteiger partial charge in [-0.25, -0.2) is 0 Å². The van der Waals surface area contributed by atoms with E-state index in [1.54, 1.807) is 7.11 Å². The average molecular weight is 290 g/mol. The van der Waals surface area contributed by atoms with Crippen LogP contribution in [0.2, 0.25) is 0 Å². The molecule has 21 heavy (non-hydrogen) atoms. The van der Waals surface area contributed by atoms with Crippen LogP contribution < -0.4 is 15.8 Å². The first-order valence-electron chi connectivity index (χ1n) is 6.92. The minimum atomic E-state index is 0.144. The third kappa shape index (κ3) is 5.87. The number of rotatable bonds is 7. The number of nitrogens with two attached hydrogens (primary N) is 1. The summed E-state index contributed by atoms with van der Waals surface area (Å²) >= 11 is 0. The topological polar surface area (TPSA) is 62.9 Å². The first-order valence-corrected chi connectivity index (χ1v) is 6.92. The minimum Gasteiger partial charge on any atom is -0.497 e. The lowest BCUT2D eigenvalue weighted by Crippen LogP contribution is -2.34. The van der Waals surface area contributed by atoms with Crippen LogP contribution in [-0.2, 0) is 0 Å². The third-order valence-corrected chi connectivity index (χ3v) is 3.11. The smallest absolute Gasteiger partial charge is 0.188 e. The van der Waals surface area contributed by atoms with Crippen LogP contribution in [0.15, 0.2) is 41.4 Å². The molecule has 116 valence electrons. The van der Waals surface area contributed by atoms with E-state index in [0.29, 0.717) is 19.0 Å². The summed E-state index contributed by atoms with van der Waals surface area (Å²) in [6.07, 6.45) is 0. The molecule has 0 fully saturated rings. The van der Waals surface area contributed by atoms with Gasteiger partial charge in [-0.15, -0.1) is 0 Å². The number of benzene rings is 1. The Balaban J connectivity index is 2.78. The van der Waals surface area contributed by atoms with Crippen LogP contribution in [0, 0.1) is 0 Å². The molecule has 1 rings (SSSR count). The van der Waals surface area contributed by atoms with Crippen molar-refractivity contribution in [3.05, 3.63) is 42.0 Å². The zero-order chi connectivity index (χ0) is 15.8. The molecule has 0 spiro atoms. The molecule has 3 N–H and O–H groups in total. The molecule has 0 aliphatic heterocycles. The lowest BCUT2D eigenvalue weighted by molar-refractivity contribution is 0.305. The number of likely N-dealkylation sites (N-methyl/N-ethyl adjacent to an activating group) is 1. The monoisotopic (exact) mass is 290 g/mol. The van der Waals surface area contributed by atoms with Crippen LogP contribution in [0.4, 0.5) is 0 Å². The van der Waals surface area contributed by atoms with Crippen LogP contribution in [0.1, 0.15) is 18.5 Å². The molecule has 0 aliphatic carbocycles. The Morgan fingerprint density at radius 1 is 1.48 bits per heavy atom. The van der Waals surface area contributed by atoms with E-state index in [1.165, 1.54) is 0 Å². The highest BCUT2D eigenvalue weighted by atomic mass is 16.5. The highest BCUT2D eigenvalue weighted by molar-refractivity contribution is 5.78. The fraction of sp³-hybridized carbons (Fsp3) is 0.438. The normalized spacial score (nSPS) is 13.1. The highest BCUT2D eigenvalue weighted by Gasteiger charge is 2.14. The number of ether oxygens (including phenoxy) is 1. The number of nitrogens with one attached hydrogen (secondary N) is 1. The molecule has 1 unspecified atom stereocenters. The minimum absolute atomic E-state index is 0.144. The molecule has 0 amide bonds. The number of hydrogen-bond donors (Lipinski definition) is 2. The maximum atomic E-state index is 5.86. The molecule has 5 nitrogen and oxygen atoms in total. The van der Waals surface area contributed by atoms with E-state index < -0.39 is 0 Å². The van der Waals surface area contributed by atoms with Crippen molar-refractivity contribution >= 4 is 5.96 Å². The summed E-state index contributed by atoms with van der Waals surface area (Å²) in [5.74, 6) is 1.28. The molecule has 1 aromatic rings. The molecule has 0 saturated carbocycles. The SMILES string of the molecule is C=C(C)CNC(N)=NCC(c1cccc(OC)c1)N(C)C. The Labute approximate surface area is 127 Å². The summed E-state index contributed by atoms with van der Waals surface area (Å²) in [6.45, 7) is 6.98. The number of hydrogen-bond acceptors (Lipinski definition) is 3. The van der Waals surface area contributed by atoms with Gasteiger partial charge in [-0.2, -0.15) is 0 Å². The lowest BCUT2D eigenvalue weighted by atomic mass is 10.1. The van der Waals surface area contributed by atoms with E-state index in [9.17, 15) is 0 Å². The third-order valence-electron chi connectivity index (χ3n) is 3.11. The summed E-state index contributed by atoms with van der Waals surface area (Å²) < 4.78 is 5.27. The first-order chi connectivity index (χ1) is 9.93. The standard InChI is InChI=1S/C16H26N4O/c1-12(2)10-18-16(17)19-11-15(20(3)4)13-7-6-8-14(9-13)21-5/h6-9,15H,1,10-11H2,2-5H3,(H3,17,18,19). The largest absolute Gasteiger partial charge is 0.497 e. The van der Waals surface area contributed by atoms with Crippen molar-refractivity contribution in [1.29, 1.82) is 0 Å². The van der Waals surface area contributed by atoms with Crippen molar-refractivity contribution in [3.63, 3.8) is 0 Å². The van der Waals surface area contributed by atoms with Gasteiger partial charge in [0.25, 0.3) is 0 Å². The summed E-state index contributed by atoms with van der Waals surface area (Å²) in [5, 5.41) is 3.04. The van der Waals surface area contributed by atoms with Crippen molar-refractivity contribution in [2.75, 3.05) is 34.3 Å². The molecule has 0 aliphatic rings. The van der Waals surface area contributed by atoms with Crippen LogP contribution >= 0.6 is 0 Å². The number of guanidine groups is 1. The highest BCUT2D eigenvalue weighted by Crippen LogP contribution is 2.22. The quantitative estimate of drug-likeness (QED) is 0.456. The second-order valence-electron chi connectivity index (χ2n) is 5.29. The first kappa shape index (κ1) is 17.0. The lowest BCUT2D eigenvalue weighted by Gasteiger charge is -2.23. The molecule has 0 heterocycles. The van der Waals surface area contributed by atoms with Crippen molar-refractivity contribution < 1.29 is 4.74 Å². The second-order valence-corrected chi connectivity index (χ2v) is 5.29. The van der Waals surface area contributed by atoms with Gasteiger partial charge in [-0.1, -0.05) is 24.3 Å². The van der Waals surface area contributed by atoms with Gasteiger partial charge in [0, 0.05) is 6.54 Å². The van der Waals surface area contributed by atoms with E-state index in [4.69, 9.17) is 10.5 Å². The van der Waals surface area contributed by atoms with Crippen LogP contribution in [-0.4, -0.2) is 45.2 Å². The molecule has 0 aromatic heterocycles. The Bertz CT molecular complexity index is 497. The second kappa shape index (κ2) is 8.32.